The topological polar surface area (TPSA) is 28.2 Å². The van der Waals surface area contributed by atoms with Gasteiger partial charge in [-0.3, -0.25) is 0 Å². The Balaban J connectivity index is 1.85. The molecule has 1 fully saturated rings. The van der Waals surface area contributed by atoms with E-state index in [0.717, 1.165) is 35.8 Å². The highest BCUT2D eigenvalue weighted by molar-refractivity contribution is 9.10. The van der Waals surface area contributed by atoms with Crippen molar-refractivity contribution in [3.63, 3.8) is 0 Å². The number of aromatic nitrogens is 1. The summed E-state index contributed by atoms with van der Waals surface area (Å²) in [4.78, 5) is 6.99. The summed E-state index contributed by atoms with van der Waals surface area (Å²) in [5, 5.41) is 3.54. The van der Waals surface area contributed by atoms with Crippen molar-refractivity contribution in [2.75, 3.05) is 31.1 Å². The Morgan fingerprint density at radius 1 is 1.42 bits per heavy atom. The predicted molar refractivity (Wildman–Crippen MR) is 84.8 cm³/mol. The van der Waals surface area contributed by atoms with Gasteiger partial charge in [0.1, 0.15) is 5.82 Å². The number of piperidine rings is 1. The normalized spacial score (nSPS) is 16.9. The van der Waals surface area contributed by atoms with E-state index in [1.54, 1.807) is 0 Å². The minimum atomic E-state index is 0.832. The summed E-state index contributed by atoms with van der Waals surface area (Å²) in [6.07, 6.45) is 5.67. The molecule has 0 aliphatic carbocycles. The van der Waals surface area contributed by atoms with Crippen molar-refractivity contribution in [2.45, 2.75) is 33.1 Å². The fraction of sp³-hybridized carbons (Fsp3) is 0.667. The molecule has 1 aromatic heterocycles. The molecule has 1 aromatic rings. The smallest absolute Gasteiger partial charge is 0.131 e. The number of rotatable bonds is 5. The van der Waals surface area contributed by atoms with Crippen molar-refractivity contribution >= 4 is 21.7 Å². The summed E-state index contributed by atoms with van der Waals surface area (Å²) >= 11 is 3.48. The number of hydrogen-bond acceptors (Lipinski definition) is 3. The molecule has 1 N–H and O–H groups in total. The number of anilines is 1. The van der Waals surface area contributed by atoms with Gasteiger partial charge in [-0.2, -0.15) is 0 Å². The Labute approximate surface area is 124 Å². The third-order valence-corrected chi connectivity index (χ3v) is 4.22. The molecule has 3 nitrogen and oxygen atoms in total. The predicted octanol–water partition coefficient (Wildman–Crippen LogP) is 3.37. The second-order valence-corrected chi connectivity index (χ2v) is 6.34. The van der Waals surface area contributed by atoms with E-state index in [2.05, 4.69) is 51.0 Å². The standard InChI is InChI=1S/C15H24BrN3/c1-3-6-17-10-13-4-7-19(8-5-13)15-12(2)9-14(16)11-18-15/h9,11,13,17H,3-8,10H2,1-2H3. The number of nitrogens with zero attached hydrogens (tertiary/aromatic N) is 2. The van der Waals surface area contributed by atoms with Crippen LogP contribution in [-0.4, -0.2) is 31.2 Å². The quantitative estimate of drug-likeness (QED) is 0.841. The zero-order valence-corrected chi connectivity index (χ0v) is 13.5. The third-order valence-electron chi connectivity index (χ3n) is 3.79. The van der Waals surface area contributed by atoms with Crippen molar-refractivity contribution in [1.29, 1.82) is 0 Å². The highest BCUT2D eigenvalue weighted by atomic mass is 79.9. The lowest BCUT2D eigenvalue weighted by atomic mass is 9.96. The summed E-state index contributed by atoms with van der Waals surface area (Å²) in [6.45, 7) is 8.95. The second-order valence-electron chi connectivity index (χ2n) is 5.43. The lowest BCUT2D eigenvalue weighted by molar-refractivity contribution is 0.382. The van der Waals surface area contributed by atoms with Gasteiger partial charge in [0, 0.05) is 23.8 Å². The summed E-state index contributed by atoms with van der Waals surface area (Å²) < 4.78 is 1.06. The van der Waals surface area contributed by atoms with Crippen molar-refractivity contribution in [1.82, 2.24) is 10.3 Å². The van der Waals surface area contributed by atoms with Crippen LogP contribution >= 0.6 is 15.9 Å². The zero-order chi connectivity index (χ0) is 13.7. The maximum Gasteiger partial charge on any atom is 0.131 e. The van der Waals surface area contributed by atoms with Gasteiger partial charge in [-0.05, 0) is 72.8 Å². The molecule has 0 aromatic carbocycles. The van der Waals surface area contributed by atoms with Crippen LogP contribution in [0.4, 0.5) is 5.82 Å². The highest BCUT2D eigenvalue weighted by Gasteiger charge is 2.20. The summed E-state index contributed by atoms with van der Waals surface area (Å²) in [6, 6.07) is 2.15. The Kier molecular flexibility index (Phi) is 5.64. The minimum Gasteiger partial charge on any atom is -0.356 e. The lowest BCUT2D eigenvalue weighted by Crippen LogP contribution is -2.38. The average Bonchev–Trinajstić information content (AvgIpc) is 2.40. The molecule has 4 heteroatoms. The number of pyridine rings is 1. The molecule has 106 valence electrons. The molecular weight excluding hydrogens is 302 g/mol. The van der Waals surface area contributed by atoms with E-state index >= 15 is 0 Å². The van der Waals surface area contributed by atoms with Crippen LogP contribution in [0.3, 0.4) is 0 Å². The van der Waals surface area contributed by atoms with E-state index in [1.165, 1.54) is 31.4 Å². The van der Waals surface area contributed by atoms with Crippen molar-refractivity contribution < 1.29 is 0 Å². The van der Waals surface area contributed by atoms with E-state index in [1.807, 2.05) is 6.20 Å². The molecule has 0 unspecified atom stereocenters. The van der Waals surface area contributed by atoms with Crippen LogP contribution < -0.4 is 10.2 Å². The molecule has 0 saturated carbocycles. The Bertz CT molecular complexity index is 400. The third kappa shape index (κ3) is 4.18. The van der Waals surface area contributed by atoms with Gasteiger partial charge in [-0.15, -0.1) is 0 Å². The van der Waals surface area contributed by atoms with Crippen LogP contribution in [0.25, 0.3) is 0 Å². The lowest BCUT2D eigenvalue weighted by Gasteiger charge is -2.33. The Hall–Kier alpha value is -0.610. The fourth-order valence-corrected chi connectivity index (χ4v) is 3.14. The molecule has 1 saturated heterocycles. The molecule has 2 rings (SSSR count). The first-order valence-electron chi connectivity index (χ1n) is 7.28. The van der Waals surface area contributed by atoms with Crippen LogP contribution in [0, 0.1) is 12.8 Å². The minimum absolute atomic E-state index is 0.832. The Morgan fingerprint density at radius 3 is 2.79 bits per heavy atom. The van der Waals surface area contributed by atoms with Crippen molar-refractivity contribution in [2.24, 2.45) is 5.92 Å². The highest BCUT2D eigenvalue weighted by Crippen LogP contribution is 2.25. The molecule has 19 heavy (non-hydrogen) atoms. The van der Waals surface area contributed by atoms with Gasteiger partial charge in [-0.1, -0.05) is 6.92 Å². The molecule has 1 aliphatic rings. The van der Waals surface area contributed by atoms with Crippen LogP contribution in [0.1, 0.15) is 31.7 Å². The van der Waals surface area contributed by atoms with E-state index in [0.29, 0.717) is 0 Å². The molecule has 0 spiro atoms. The SMILES string of the molecule is CCCNCC1CCN(c2ncc(Br)cc2C)CC1. The summed E-state index contributed by atoms with van der Waals surface area (Å²) in [5.74, 6) is 1.99. The van der Waals surface area contributed by atoms with E-state index < -0.39 is 0 Å². The average molecular weight is 326 g/mol. The molecule has 1 aliphatic heterocycles. The van der Waals surface area contributed by atoms with Crippen molar-refractivity contribution in [3.8, 4) is 0 Å². The summed E-state index contributed by atoms with van der Waals surface area (Å²) in [5.41, 5.74) is 1.26. The van der Waals surface area contributed by atoms with Gasteiger partial charge in [-0.25, -0.2) is 4.98 Å². The number of halogens is 1. The first-order chi connectivity index (χ1) is 9.20. The van der Waals surface area contributed by atoms with Gasteiger partial charge in [0.15, 0.2) is 0 Å². The monoisotopic (exact) mass is 325 g/mol. The van der Waals surface area contributed by atoms with Gasteiger partial charge in [0.2, 0.25) is 0 Å². The largest absolute Gasteiger partial charge is 0.356 e. The van der Waals surface area contributed by atoms with E-state index in [9.17, 15) is 0 Å². The van der Waals surface area contributed by atoms with Gasteiger partial charge in [0.25, 0.3) is 0 Å². The maximum atomic E-state index is 4.57. The van der Waals surface area contributed by atoms with Crippen LogP contribution in [0.2, 0.25) is 0 Å². The maximum absolute atomic E-state index is 4.57. The van der Waals surface area contributed by atoms with Crippen LogP contribution in [0.15, 0.2) is 16.7 Å². The zero-order valence-electron chi connectivity index (χ0n) is 12.0. The molecule has 0 amide bonds. The first kappa shape index (κ1) is 14.8. The van der Waals surface area contributed by atoms with Gasteiger partial charge >= 0.3 is 0 Å². The summed E-state index contributed by atoms with van der Waals surface area (Å²) in [7, 11) is 0. The molecular formula is C15H24BrN3. The van der Waals surface area contributed by atoms with E-state index in [4.69, 9.17) is 0 Å². The second kappa shape index (κ2) is 7.25. The number of aryl methyl sites for hydroxylation is 1. The van der Waals surface area contributed by atoms with E-state index in [-0.39, 0.29) is 0 Å². The van der Waals surface area contributed by atoms with Crippen molar-refractivity contribution in [3.05, 3.63) is 22.3 Å². The molecule has 2 heterocycles. The molecule has 0 atom stereocenters. The molecule has 0 radical (unpaired) electrons. The Morgan fingerprint density at radius 2 is 2.16 bits per heavy atom. The molecule has 0 bridgehead atoms. The van der Waals surface area contributed by atoms with Gasteiger partial charge < -0.3 is 10.2 Å². The van der Waals surface area contributed by atoms with Crippen LogP contribution in [-0.2, 0) is 0 Å². The number of nitrogens with one attached hydrogen (secondary N) is 1. The van der Waals surface area contributed by atoms with Crippen LogP contribution in [0.5, 0.6) is 0 Å². The fourth-order valence-electron chi connectivity index (χ4n) is 2.70. The number of hydrogen-bond donors (Lipinski definition) is 1. The van der Waals surface area contributed by atoms with Gasteiger partial charge in [0.05, 0.1) is 0 Å². The first-order valence-corrected chi connectivity index (χ1v) is 8.07.